The van der Waals surface area contributed by atoms with Crippen molar-refractivity contribution in [2.45, 2.75) is 30.6 Å². The number of piperazine rings is 1. The molecule has 1 amide bonds. The van der Waals surface area contributed by atoms with Crippen molar-refractivity contribution in [2.24, 2.45) is 0 Å². The number of rotatable bonds is 5. The van der Waals surface area contributed by atoms with Gasteiger partial charge >= 0.3 is 0 Å². The first kappa shape index (κ1) is 22.1. The zero-order valence-corrected chi connectivity index (χ0v) is 19.1. The van der Waals surface area contributed by atoms with E-state index in [1.54, 1.807) is 28.6 Å². The van der Waals surface area contributed by atoms with Gasteiger partial charge in [-0.2, -0.15) is 4.31 Å². The molecule has 2 heterocycles. The van der Waals surface area contributed by atoms with Gasteiger partial charge in [-0.25, -0.2) is 8.42 Å². The number of hydrogen-bond acceptors (Lipinski definition) is 4. The fourth-order valence-corrected chi connectivity index (χ4v) is 5.91. The molecule has 0 bridgehead atoms. The SMILES string of the molecule is O=C(Cc1ccc(S(=O)(=O)N2CCCCC2)cc1)N1CCN(c2cccc(Cl)c2)CC1. The number of hydrogen-bond donors (Lipinski definition) is 0. The van der Waals surface area contributed by atoms with Crippen LogP contribution in [0.3, 0.4) is 0 Å². The lowest BCUT2D eigenvalue weighted by atomic mass is 10.1. The van der Waals surface area contributed by atoms with Crippen molar-refractivity contribution in [3.8, 4) is 0 Å². The number of benzene rings is 2. The van der Waals surface area contributed by atoms with Gasteiger partial charge in [-0.3, -0.25) is 4.79 Å². The Hall–Kier alpha value is -2.09. The van der Waals surface area contributed by atoms with Gasteiger partial charge in [0.05, 0.1) is 11.3 Å². The Bertz CT molecular complexity index is 1010. The predicted molar refractivity (Wildman–Crippen MR) is 123 cm³/mol. The molecule has 2 fully saturated rings. The normalized spacial score (nSPS) is 18.2. The summed E-state index contributed by atoms with van der Waals surface area (Å²) in [5, 5.41) is 0.710. The molecule has 0 spiro atoms. The second-order valence-corrected chi connectivity index (χ2v) is 10.5. The molecule has 8 heteroatoms. The van der Waals surface area contributed by atoms with Crippen LogP contribution in [0.15, 0.2) is 53.4 Å². The molecule has 0 unspecified atom stereocenters. The Labute approximate surface area is 189 Å². The van der Waals surface area contributed by atoms with Gasteiger partial charge in [-0.15, -0.1) is 0 Å². The molecule has 2 aromatic rings. The average Bonchev–Trinajstić information content (AvgIpc) is 2.80. The number of halogens is 1. The minimum atomic E-state index is -3.44. The Kier molecular flexibility index (Phi) is 6.84. The lowest BCUT2D eigenvalue weighted by Crippen LogP contribution is -2.49. The van der Waals surface area contributed by atoms with Crippen LogP contribution in [0.25, 0.3) is 0 Å². The van der Waals surface area contributed by atoms with E-state index in [0.29, 0.717) is 36.1 Å². The van der Waals surface area contributed by atoms with Crippen LogP contribution >= 0.6 is 11.6 Å². The standard InChI is InChI=1S/C23H28ClN3O3S/c24-20-5-4-6-21(18-20)25-13-15-26(16-14-25)23(28)17-19-7-9-22(10-8-19)31(29,30)27-11-2-1-3-12-27/h4-10,18H,1-3,11-17H2. The molecule has 2 aliphatic rings. The summed E-state index contributed by atoms with van der Waals surface area (Å²) in [6, 6.07) is 14.5. The molecule has 0 saturated carbocycles. The largest absolute Gasteiger partial charge is 0.368 e. The summed E-state index contributed by atoms with van der Waals surface area (Å²) in [5.74, 6) is 0.0670. The Morgan fingerprint density at radius 3 is 2.19 bits per heavy atom. The van der Waals surface area contributed by atoms with Crippen molar-refractivity contribution in [3.63, 3.8) is 0 Å². The van der Waals surface area contributed by atoms with Gasteiger partial charge < -0.3 is 9.80 Å². The summed E-state index contributed by atoms with van der Waals surface area (Å²) in [5.41, 5.74) is 1.91. The molecule has 0 aromatic heterocycles. The van der Waals surface area contributed by atoms with E-state index in [2.05, 4.69) is 4.90 Å². The van der Waals surface area contributed by atoms with Crippen molar-refractivity contribution in [3.05, 3.63) is 59.1 Å². The van der Waals surface area contributed by atoms with Crippen molar-refractivity contribution in [2.75, 3.05) is 44.2 Å². The summed E-state index contributed by atoms with van der Waals surface area (Å²) >= 11 is 6.09. The zero-order chi connectivity index (χ0) is 21.8. The third-order valence-electron chi connectivity index (χ3n) is 6.04. The number of amides is 1. The quantitative estimate of drug-likeness (QED) is 0.684. The molecular formula is C23H28ClN3O3S. The summed E-state index contributed by atoms with van der Waals surface area (Å²) < 4.78 is 27.1. The highest BCUT2D eigenvalue weighted by Gasteiger charge is 2.26. The lowest BCUT2D eigenvalue weighted by Gasteiger charge is -2.36. The third kappa shape index (κ3) is 5.22. The number of sulfonamides is 1. The summed E-state index contributed by atoms with van der Waals surface area (Å²) in [6.45, 7) is 4.02. The molecular weight excluding hydrogens is 434 g/mol. The van der Waals surface area contributed by atoms with Crippen LogP contribution in [-0.4, -0.2) is 62.8 Å². The molecule has 2 aromatic carbocycles. The highest BCUT2D eigenvalue weighted by molar-refractivity contribution is 7.89. The van der Waals surface area contributed by atoms with Crippen LogP contribution in [0.1, 0.15) is 24.8 Å². The van der Waals surface area contributed by atoms with E-state index in [1.807, 2.05) is 29.2 Å². The molecule has 0 N–H and O–H groups in total. The Balaban J connectivity index is 1.33. The fraction of sp³-hybridized carbons (Fsp3) is 0.435. The molecule has 6 nitrogen and oxygen atoms in total. The van der Waals surface area contributed by atoms with E-state index >= 15 is 0 Å². The Morgan fingerprint density at radius 1 is 0.871 bits per heavy atom. The second-order valence-electron chi connectivity index (χ2n) is 8.13. The first-order chi connectivity index (χ1) is 14.9. The van der Waals surface area contributed by atoms with Gasteiger partial charge in [-0.05, 0) is 48.7 Å². The number of nitrogens with zero attached hydrogens (tertiary/aromatic N) is 3. The first-order valence-electron chi connectivity index (χ1n) is 10.8. The topological polar surface area (TPSA) is 60.9 Å². The molecule has 0 radical (unpaired) electrons. The van der Waals surface area contributed by atoms with E-state index in [-0.39, 0.29) is 12.3 Å². The molecule has 31 heavy (non-hydrogen) atoms. The molecule has 166 valence electrons. The maximum Gasteiger partial charge on any atom is 0.243 e. The van der Waals surface area contributed by atoms with Gasteiger partial charge in [0, 0.05) is 50.0 Å². The van der Waals surface area contributed by atoms with Crippen molar-refractivity contribution in [1.29, 1.82) is 0 Å². The predicted octanol–water partition coefficient (Wildman–Crippen LogP) is 3.41. The maximum absolute atomic E-state index is 12.8. The average molecular weight is 462 g/mol. The fourth-order valence-electron chi connectivity index (χ4n) is 4.21. The number of carbonyl (C=O) groups excluding carboxylic acids is 1. The van der Waals surface area contributed by atoms with E-state index < -0.39 is 10.0 Å². The molecule has 2 saturated heterocycles. The monoisotopic (exact) mass is 461 g/mol. The maximum atomic E-state index is 12.8. The van der Waals surface area contributed by atoms with E-state index in [1.165, 1.54) is 0 Å². The van der Waals surface area contributed by atoms with E-state index in [9.17, 15) is 13.2 Å². The minimum Gasteiger partial charge on any atom is -0.368 e. The number of anilines is 1. The van der Waals surface area contributed by atoms with Gasteiger partial charge in [0.15, 0.2) is 0 Å². The van der Waals surface area contributed by atoms with Crippen LogP contribution < -0.4 is 4.90 Å². The molecule has 0 atom stereocenters. The van der Waals surface area contributed by atoms with Crippen LogP contribution in [0.5, 0.6) is 0 Å². The van der Waals surface area contributed by atoms with Crippen LogP contribution in [0.4, 0.5) is 5.69 Å². The van der Waals surface area contributed by atoms with E-state index in [0.717, 1.165) is 43.6 Å². The summed E-state index contributed by atoms with van der Waals surface area (Å²) in [6.07, 6.45) is 3.19. The molecule has 0 aliphatic carbocycles. The van der Waals surface area contributed by atoms with Crippen molar-refractivity contribution < 1.29 is 13.2 Å². The highest BCUT2D eigenvalue weighted by Crippen LogP contribution is 2.22. The number of carbonyl (C=O) groups is 1. The van der Waals surface area contributed by atoms with E-state index in [4.69, 9.17) is 11.6 Å². The van der Waals surface area contributed by atoms with Crippen molar-refractivity contribution >= 4 is 33.2 Å². The third-order valence-corrected chi connectivity index (χ3v) is 8.19. The lowest BCUT2D eigenvalue weighted by molar-refractivity contribution is -0.130. The highest BCUT2D eigenvalue weighted by atomic mass is 35.5. The van der Waals surface area contributed by atoms with Crippen LogP contribution in [0, 0.1) is 0 Å². The Morgan fingerprint density at radius 2 is 1.55 bits per heavy atom. The van der Waals surface area contributed by atoms with Gasteiger partial charge in [0.2, 0.25) is 15.9 Å². The number of piperidine rings is 1. The zero-order valence-electron chi connectivity index (χ0n) is 17.5. The van der Waals surface area contributed by atoms with Gasteiger partial charge in [0.25, 0.3) is 0 Å². The van der Waals surface area contributed by atoms with Crippen LogP contribution in [-0.2, 0) is 21.2 Å². The minimum absolute atomic E-state index is 0.0670. The molecule has 2 aliphatic heterocycles. The van der Waals surface area contributed by atoms with Crippen molar-refractivity contribution in [1.82, 2.24) is 9.21 Å². The van der Waals surface area contributed by atoms with Crippen LogP contribution in [0.2, 0.25) is 5.02 Å². The smallest absolute Gasteiger partial charge is 0.243 e. The molecule has 4 rings (SSSR count). The first-order valence-corrected chi connectivity index (χ1v) is 12.6. The van der Waals surface area contributed by atoms with Gasteiger partial charge in [0.1, 0.15) is 0 Å². The van der Waals surface area contributed by atoms with Gasteiger partial charge in [-0.1, -0.05) is 36.2 Å². The second kappa shape index (κ2) is 9.59. The summed E-state index contributed by atoms with van der Waals surface area (Å²) in [4.78, 5) is 17.2. The summed E-state index contributed by atoms with van der Waals surface area (Å²) in [7, 11) is -3.44.